The van der Waals surface area contributed by atoms with E-state index in [0.717, 1.165) is 6.42 Å². The van der Waals surface area contributed by atoms with Gasteiger partial charge in [0.25, 0.3) is 0 Å². The highest BCUT2D eigenvalue weighted by atomic mass is 16.4. The fraction of sp³-hybridized carbons (Fsp3) is 0.706. The highest BCUT2D eigenvalue weighted by molar-refractivity contribution is 5.94. The molecule has 0 aromatic heterocycles. The van der Waals surface area contributed by atoms with Crippen molar-refractivity contribution in [1.29, 1.82) is 0 Å². The van der Waals surface area contributed by atoms with Crippen LogP contribution in [0.15, 0.2) is 0 Å². The number of hydrogen-bond donors (Lipinski definition) is 9. The van der Waals surface area contributed by atoms with Crippen LogP contribution in [0.2, 0.25) is 0 Å². The predicted octanol–water partition coefficient (Wildman–Crippen LogP) is -5.24. The van der Waals surface area contributed by atoms with Gasteiger partial charge < -0.3 is 47.0 Å². The Hall–Kier alpha value is -2.81. The van der Waals surface area contributed by atoms with E-state index in [1.165, 1.54) is 6.92 Å². The molecular weight excluding hydrogens is 418 g/mol. The lowest BCUT2D eigenvalue weighted by atomic mass is 10.1. The molecule has 14 heteroatoms. The maximum Gasteiger partial charge on any atom is 0.328 e. The van der Waals surface area contributed by atoms with Gasteiger partial charge >= 0.3 is 5.97 Å². The van der Waals surface area contributed by atoms with Crippen molar-refractivity contribution in [1.82, 2.24) is 26.6 Å². The average Bonchev–Trinajstić information content (AvgIpc) is 3.26. The van der Waals surface area contributed by atoms with E-state index in [1.807, 2.05) is 5.32 Å². The van der Waals surface area contributed by atoms with Gasteiger partial charge in [0.2, 0.25) is 23.6 Å². The van der Waals surface area contributed by atoms with Gasteiger partial charge in [-0.05, 0) is 26.3 Å². The second-order valence-corrected chi connectivity index (χ2v) is 6.98. The molecule has 31 heavy (non-hydrogen) atoms. The van der Waals surface area contributed by atoms with E-state index in [0.29, 0.717) is 13.0 Å². The van der Waals surface area contributed by atoms with Crippen molar-refractivity contribution in [3.8, 4) is 0 Å². The highest BCUT2D eigenvalue weighted by Gasteiger charge is 2.30. The maximum atomic E-state index is 12.1. The van der Waals surface area contributed by atoms with Crippen LogP contribution in [0.3, 0.4) is 0 Å². The summed E-state index contributed by atoms with van der Waals surface area (Å²) in [5, 5.41) is 48.4. The summed E-state index contributed by atoms with van der Waals surface area (Å²) in [6.07, 6.45) is -0.0238. The van der Waals surface area contributed by atoms with Crippen LogP contribution in [0.25, 0.3) is 0 Å². The minimum Gasteiger partial charge on any atom is -0.480 e. The molecule has 1 rings (SSSR count). The van der Waals surface area contributed by atoms with E-state index >= 15 is 0 Å². The van der Waals surface area contributed by atoms with Crippen molar-refractivity contribution in [2.75, 3.05) is 26.3 Å². The molecule has 1 heterocycles. The molecule has 14 nitrogen and oxygen atoms in total. The van der Waals surface area contributed by atoms with Gasteiger partial charge in [-0.15, -0.1) is 0 Å². The summed E-state index contributed by atoms with van der Waals surface area (Å²) in [6, 6.07) is -4.95. The number of nitrogens with one attached hydrogen (secondary N) is 5. The molecule has 0 aromatic rings. The number of aliphatic carboxylic acids is 1. The monoisotopic (exact) mass is 447 g/mol. The third kappa shape index (κ3) is 8.45. The lowest BCUT2D eigenvalue weighted by Crippen LogP contribution is -2.58. The predicted molar refractivity (Wildman–Crippen MR) is 103 cm³/mol. The van der Waals surface area contributed by atoms with Crippen LogP contribution in [-0.4, -0.2) is 107 Å². The Morgan fingerprint density at radius 3 is 2.13 bits per heavy atom. The Morgan fingerprint density at radius 1 is 1.00 bits per heavy atom. The van der Waals surface area contributed by atoms with Gasteiger partial charge in [0, 0.05) is 0 Å². The lowest BCUT2D eigenvalue weighted by Gasteiger charge is -2.23. The first-order valence-electron chi connectivity index (χ1n) is 9.64. The zero-order valence-electron chi connectivity index (χ0n) is 17.0. The van der Waals surface area contributed by atoms with Crippen molar-refractivity contribution in [2.45, 2.75) is 50.0 Å². The van der Waals surface area contributed by atoms with Gasteiger partial charge in [0.15, 0.2) is 0 Å². The topological polar surface area (TPSA) is 226 Å². The second kappa shape index (κ2) is 12.8. The average molecular weight is 447 g/mol. The van der Waals surface area contributed by atoms with Gasteiger partial charge in [-0.25, -0.2) is 4.79 Å². The van der Waals surface area contributed by atoms with Gasteiger partial charge in [-0.3, -0.25) is 19.2 Å². The first-order chi connectivity index (χ1) is 14.6. The maximum absolute atomic E-state index is 12.1. The number of carboxylic acids is 1. The molecule has 4 amide bonds. The number of aliphatic hydroxyl groups is 3. The van der Waals surface area contributed by atoms with Crippen LogP contribution >= 0.6 is 0 Å². The molecule has 176 valence electrons. The Kier molecular flexibility index (Phi) is 10.8. The molecule has 1 fully saturated rings. The third-order valence-corrected chi connectivity index (χ3v) is 4.49. The molecule has 0 radical (unpaired) electrons. The van der Waals surface area contributed by atoms with E-state index in [2.05, 4.69) is 21.3 Å². The lowest BCUT2D eigenvalue weighted by molar-refractivity contribution is -0.144. The Labute approximate surface area is 177 Å². The SMILES string of the molecule is C[C@@H](O)[C@H](NC(=O)CNC(=O)[C@H](CO)NC(=O)[C@@H]1CCCN1)C(=O)N[C@@H](CO)C(=O)O. The minimum atomic E-state index is -1.63. The summed E-state index contributed by atoms with van der Waals surface area (Å²) in [4.78, 5) is 59.2. The summed E-state index contributed by atoms with van der Waals surface area (Å²) < 4.78 is 0. The molecule has 5 atom stereocenters. The minimum absolute atomic E-state index is 0.459. The van der Waals surface area contributed by atoms with Crippen LogP contribution in [0.4, 0.5) is 0 Å². The van der Waals surface area contributed by atoms with Crippen molar-refractivity contribution in [3.05, 3.63) is 0 Å². The summed E-state index contributed by atoms with van der Waals surface area (Å²) in [6.45, 7) is -0.416. The molecule has 9 N–H and O–H groups in total. The summed E-state index contributed by atoms with van der Waals surface area (Å²) in [5.41, 5.74) is 0. The Morgan fingerprint density at radius 2 is 1.65 bits per heavy atom. The molecule has 0 aliphatic carbocycles. The Balaban J connectivity index is 2.57. The number of carbonyl (C=O) groups is 5. The fourth-order valence-corrected chi connectivity index (χ4v) is 2.74. The fourth-order valence-electron chi connectivity index (χ4n) is 2.74. The zero-order valence-corrected chi connectivity index (χ0v) is 17.0. The van der Waals surface area contributed by atoms with Gasteiger partial charge in [-0.1, -0.05) is 0 Å². The zero-order chi connectivity index (χ0) is 23.6. The number of rotatable bonds is 12. The molecule has 0 bridgehead atoms. The van der Waals surface area contributed by atoms with E-state index in [-0.39, 0.29) is 0 Å². The van der Waals surface area contributed by atoms with Crippen molar-refractivity contribution >= 4 is 29.6 Å². The van der Waals surface area contributed by atoms with Crippen LogP contribution in [0.1, 0.15) is 19.8 Å². The van der Waals surface area contributed by atoms with E-state index in [1.54, 1.807) is 0 Å². The van der Waals surface area contributed by atoms with Crippen LogP contribution in [0, 0.1) is 0 Å². The van der Waals surface area contributed by atoms with Crippen molar-refractivity contribution in [2.24, 2.45) is 0 Å². The smallest absolute Gasteiger partial charge is 0.328 e. The summed E-state index contributed by atoms with van der Waals surface area (Å²) >= 11 is 0. The molecular formula is C17H29N5O9. The second-order valence-electron chi connectivity index (χ2n) is 6.98. The summed E-state index contributed by atoms with van der Waals surface area (Å²) in [7, 11) is 0. The largest absolute Gasteiger partial charge is 0.480 e. The van der Waals surface area contributed by atoms with Crippen molar-refractivity contribution < 1.29 is 44.4 Å². The summed E-state index contributed by atoms with van der Waals surface area (Å²) in [5.74, 6) is -4.76. The first kappa shape index (κ1) is 26.2. The van der Waals surface area contributed by atoms with Crippen molar-refractivity contribution in [3.63, 3.8) is 0 Å². The standard InChI is InChI=1S/C17H29N5O9/c1-8(25)13(16(29)21-11(7-24)17(30)31)22-12(26)5-19-14(27)10(6-23)20-15(28)9-3-2-4-18-9/h8-11,13,18,23-25H,2-7H2,1H3,(H,19,27)(H,20,28)(H,21,29)(H,22,26)(H,30,31)/t8-,9+,10+,11+,13+/m1/s1. The van der Waals surface area contributed by atoms with Crippen LogP contribution in [-0.2, 0) is 24.0 Å². The number of hydrogen-bond acceptors (Lipinski definition) is 9. The highest BCUT2D eigenvalue weighted by Crippen LogP contribution is 2.05. The first-order valence-corrected chi connectivity index (χ1v) is 9.64. The molecule has 1 saturated heterocycles. The van der Waals surface area contributed by atoms with Crippen LogP contribution < -0.4 is 26.6 Å². The van der Waals surface area contributed by atoms with E-state index < -0.39 is 79.6 Å². The molecule has 0 saturated carbocycles. The van der Waals surface area contributed by atoms with Gasteiger partial charge in [0.05, 0.1) is 31.9 Å². The number of carbonyl (C=O) groups excluding carboxylic acids is 4. The number of carboxylic acid groups (broad SMARTS) is 1. The number of amides is 4. The van der Waals surface area contributed by atoms with Gasteiger partial charge in [-0.2, -0.15) is 0 Å². The van der Waals surface area contributed by atoms with E-state index in [4.69, 9.17) is 10.2 Å². The third-order valence-electron chi connectivity index (χ3n) is 4.49. The molecule has 1 aliphatic heterocycles. The number of aliphatic hydroxyl groups excluding tert-OH is 3. The van der Waals surface area contributed by atoms with Gasteiger partial charge in [0.1, 0.15) is 18.1 Å². The molecule has 0 aromatic carbocycles. The normalized spacial score (nSPS) is 19.4. The van der Waals surface area contributed by atoms with Crippen LogP contribution in [0.5, 0.6) is 0 Å². The van der Waals surface area contributed by atoms with E-state index in [9.17, 15) is 34.2 Å². The molecule has 0 unspecified atom stereocenters. The Bertz CT molecular complexity index is 666. The molecule has 0 spiro atoms. The molecule has 1 aliphatic rings. The quantitative estimate of drug-likeness (QED) is 0.138.